The zero-order chi connectivity index (χ0) is 12.7. The first-order valence-electron chi connectivity index (χ1n) is 6.14. The van der Waals surface area contributed by atoms with E-state index in [0.29, 0.717) is 18.2 Å². The first-order chi connectivity index (χ1) is 8.11. The molecule has 0 atom stereocenters. The van der Waals surface area contributed by atoms with Gasteiger partial charge in [0.2, 0.25) is 5.91 Å². The van der Waals surface area contributed by atoms with Crippen molar-refractivity contribution in [3.05, 3.63) is 29.8 Å². The highest BCUT2D eigenvalue weighted by atomic mass is 32.2. The van der Waals surface area contributed by atoms with E-state index in [2.05, 4.69) is 43.4 Å². The lowest BCUT2D eigenvalue weighted by Crippen LogP contribution is -2.21. The van der Waals surface area contributed by atoms with Crippen LogP contribution in [0.1, 0.15) is 39.2 Å². The van der Waals surface area contributed by atoms with Crippen LogP contribution in [-0.2, 0) is 11.3 Å². The number of thioether (sulfide) groups is 1. The van der Waals surface area contributed by atoms with Crippen LogP contribution >= 0.6 is 11.8 Å². The molecule has 0 spiro atoms. The van der Waals surface area contributed by atoms with Gasteiger partial charge in [-0.3, -0.25) is 4.79 Å². The van der Waals surface area contributed by atoms with Crippen LogP contribution in [0.25, 0.3) is 0 Å². The molecule has 1 aromatic carbocycles. The maximum absolute atomic E-state index is 11.3. The first-order valence-corrected chi connectivity index (χ1v) is 7.02. The molecule has 0 aliphatic carbocycles. The Morgan fingerprint density at radius 1 is 1.29 bits per heavy atom. The molecule has 1 aromatic rings. The fraction of sp³-hybridized carbons (Fsp3) is 0.500. The highest BCUT2D eigenvalue weighted by Gasteiger charge is 2.01. The van der Waals surface area contributed by atoms with E-state index in [1.807, 2.05) is 18.7 Å². The van der Waals surface area contributed by atoms with E-state index in [0.717, 1.165) is 12.0 Å². The summed E-state index contributed by atoms with van der Waals surface area (Å²) in [5, 5.41) is 3.52. The molecule has 2 nitrogen and oxygen atoms in total. The van der Waals surface area contributed by atoms with Gasteiger partial charge in [-0.2, -0.15) is 0 Å². The largest absolute Gasteiger partial charge is 0.352 e. The lowest BCUT2D eigenvalue weighted by Gasteiger charge is -2.07. The smallest absolute Gasteiger partial charge is 0.220 e. The second kappa shape index (κ2) is 7.38. The maximum Gasteiger partial charge on any atom is 0.220 e. The van der Waals surface area contributed by atoms with E-state index >= 15 is 0 Å². The fourth-order valence-electron chi connectivity index (χ4n) is 1.47. The average Bonchev–Trinajstić information content (AvgIpc) is 2.28. The molecule has 0 radical (unpaired) electrons. The normalized spacial score (nSPS) is 10.6. The quantitative estimate of drug-likeness (QED) is 0.783. The number of carbonyl (C=O) groups excluding carboxylic acids is 1. The molecule has 1 N–H and O–H groups in total. The first kappa shape index (κ1) is 14.1. The van der Waals surface area contributed by atoms with Crippen molar-refractivity contribution >= 4 is 17.7 Å². The molecule has 0 aromatic heterocycles. The molecule has 0 unspecified atom stereocenters. The minimum atomic E-state index is 0.133. The van der Waals surface area contributed by atoms with Gasteiger partial charge in [0.05, 0.1) is 0 Å². The van der Waals surface area contributed by atoms with Gasteiger partial charge in [-0.05, 0) is 24.1 Å². The Hall–Kier alpha value is -0.960. The summed E-state index contributed by atoms with van der Waals surface area (Å²) in [6, 6.07) is 8.39. The van der Waals surface area contributed by atoms with Crippen LogP contribution in [0.4, 0.5) is 0 Å². The SMILES string of the molecule is CCCC(=O)NCc1ccc(SC(C)C)cc1. The van der Waals surface area contributed by atoms with Gasteiger partial charge < -0.3 is 5.32 Å². The van der Waals surface area contributed by atoms with E-state index in [9.17, 15) is 4.79 Å². The molecule has 0 heterocycles. The molecule has 0 bridgehead atoms. The summed E-state index contributed by atoms with van der Waals surface area (Å²) in [5.41, 5.74) is 1.16. The molecule has 0 saturated heterocycles. The fourth-order valence-corrected chi connectivity index (χ4v) is 2.31. The minimum absolute atomic E-state index is 0.133. The van der Waals surface area contributed by atoms with Gasteiger partial charge in [-0.1, -0.05) is 32.9 Å². The van der Waals surface area contributed by atoms with Crippen LogP contribution in [0.15, 0.2) is 29.2 Å². The molecule has 3 heteroatoms. The van der Waals surface area contributed by atoms with Crippen molar-refractivity contribution in [2.24, 2.45) is 0 Å². The number of hydrogen-bond donors (Lipinski definition) is 1. The average molecular weight is 251 g/mol. The Balaban J connectivity index is 2.42. The third-order valence-corrected chi connectivity index (χ3v) is 3.28. The van der Waals surface area contributed by atoms with Crippen molar-refractivity contribution in [3.63, 3.8) is 0 Å². The summed E-state index contributed by atoms with van der Waals surface area (Å²) >= 11 is 1.85. The molecule has 94 valence electrons. The van der Waals surface area contributed by atoms with E-state index in [1.165, 1.54) is 4.90 Å². The molecule has 0 aliphatic rings. The topological polar surface area (TPSA) is 29.1 Å². The van der Waals surface area contributed by atoms with E-state index < -0.39 is 0 Å². The molecule has 17 heavy (non-hydrogen) atoms. The second-order valence-electron chi connectivity index (χ2n) is 4.34. The van der Waals surface area contributed by atoms with Crippen molar-refractivity contribution < 1.29 is 4.79 Å². The van der Waals surface area contributed by atoms with Gasteiger partial charge in [-0.25, -0.2) is 0 Å². The molecule has 0 fully saturated rings. The molecule has 1 rings (SSSR count). The van der Waals surface area contributed by atoms with E-state index in [-0.39, 0.29) is 5.91 Å². The third-order valence-electron chi connectivity index (χ3n) is 2.26. The Morgan fingerprint density at radius 2 is 1.94 bits per heavy atom. The van der Waals surface area contributed by atoms with Crippen molar-refractivity contribution in [1.82, 2.24) is 5.32 Å². The minimum Gasteiger partial charge on any atom is -0.352 e. The monoisotopic (exact) mass is 251 g/mol. The van der Waals surface area contributed by atoms with Gasteiger partial charge in [0.1, 0.15) is 0 Å². The summed E-state index contributed by atoms with van der Waals surface area (Å²) in [5.74, 6) is 0.133. The zero-order valence-corrected chi connectivity index (χ0v) is 11.6. The second-order valence-corrected chi connectivity index (χ2v) is 5.99. The lowest BCUT2D eigenvalue weighted by atomic mass is 10.2. The van der Waals surface area contributed by atoms with Crippen LogP contribution in [0.5, 0.6) is 0 Å². The third kappa shape index (κ3) is 5.78. The zero-order valence-electron chi connectivity index (χ0n) is 10.8. The number of amides is 1. The number of nitrogens with one attached hydrogen (secondary N) is 1. The van der Waals surface area contributed by atoms with Gasteiger partial charge in [0.25, 0.3) is 0 Å². The summed E-state index contributed by atoms with van der Waals surface area (Å²) in [6.45, 7) is 7.01. The van der Waals surface area contributed by atoms with Crippen LogP contribution < -0.4 is 5.32 Å². The summed E-state index contributed by atoms with van der Waals surface area (Å²) < 4.78 is 0. The van der Waals surface area contributed by atoms with Crippen LogP contribution in [0.3, 0.4) is 0 Å². The summed E-state index contributed by atoms with van der Waals surface area (Å²) in [6.07, 6.45) is 1.51. The number of carbonyl (C=O) groups is 1. The summed E-state index contributed by atoms with van der Waals surface area (Å²) in [7, 11) is 0. The Kier molecular flexibility index (Phi) is 6.12. The maximum atomic E-state index is 11.3. The van der Waals surface area contributed by atoms with Gasteiger partial charge >= 0.3 is 0 Å². The Morgan fingerprint density at radius 3 is 2.47 bits per heavy atom. The van der Waals surface area contributed by atoms with E-state index in [1.54, 1.807) is 0 Å². The van der Waals surface area contributed by atoms with Gasteiger partial charge in [0, 0.05) is 23.1 Å². The van der Waals surface area contributed by atoms with Crippen molar-refractivity contribution in [1.29, 1.82) is 0 Å². The van der Waals surface area contributed by atoms with Gasteiger partial charge in [0.15, 0.2) is 0 Å². The van der Waals surface area contributed by atoms with Crippen molar-refractivity contribution in [2.75, 3.05) is 0 Å². The molecule has 0 saturated carbocycles. The summed E-state index contributed by atoms with van der Waals surface area (Å²) in [4.78, 5) is 12.6. The number of rotatable bonds is 6. The Bertz CT molecular complexity index is 346. The lowest BCUT2D eigenvalue weighted by molar-refractivity contribution is -0.121. The van der Waals surface area contributed by atoms with Crippen LogP contribution in [-0.4, -0.2) is 11.2 Å². The highest BCUT2D eigenvalue weighted by molar-refractivity contribution is 7.99. The van der Waals surface area contributed by atoms with E-state index in [4.69, 9.17) is 0 Å². The van der Waals surface area contributed by atoms with Gasteiger partial charge in [-0.15, -0.1) is 11.8 Å². The number of hydrogen-bond acceptors (Lipinski definition) is 2. The molecule has 1 amide bonds. The number of benzene rings is 1. The standard InChI is InChI=1S/C14H21NOS/c1-4-5-14(16)15-10-12-6-8-13(9-7-12)17-11(2)3/h6-9,11H,4-5,10H2,1-3H3,(H,15,16). The predicted molar refractivity (Wildman–Crippen MR) is 74.2 cm³/mol. The van der Waals surface area contributed by atoms with Crippen molar-refractivity contribution in [2.45, 2.75) is 50.3 Å². The molecule has 0 aliphatic heterocycles. The van der Waals surface area contributed by atoms with Crippen LogP contribution in [0.2, 0.25) is 0 Å². The predicted octanol–water partition coefficient (Wildman–Crippen LogP) is 3.60. The Labute approximate surface area is 108 Å². The molecular weight excluding hydrogens is 230 g/mol. The van der Waals surface area contributed by atoms with Crippen molar-refractivity contribution in [3.8, 4) is 0 Å². The van der Waals surface area contributed by atoms with Crippen LogP contribution in [0, 0.1) is 0 Å². The highest BCUT2D eigenvalue weighted by Crippen LogP contribution is 2.22. The molecular formula is C14H21NOS.